The summed E-state index contributed by atoms with van der Waals surface area (Å²) in [6, 6.07) is 9.40. The summed E-state index contributed by atoms with van der Waals surface area (Å²) >= 11 is 0. The summed E-state index contributed by atoms with van der Waals surface area (Å²) in [5.74, 6) is -0.0899. The molecule has 2 N–H and O–H groups in total. The summed E-state index contributed by atoms with van der Waals surface area (Å²) in [6.07, 6.45) is 6.51. The van der Waals surface area contributed by atoms with Gasteiger partial charge in [-0.05, 0) is 55.0 Å². The predicted octanol–water partition coefficient (Wildman–Crippen LogP) is 3.56. The molecule has 1 saturated heterocycles. The zero-order chi connectivity index (χ0) is 19.8. The number of rotatable bonds is 6. The fourth-order valence-electron chi connectivity index (χ4n) is 3.38. The van der Waals surface area contributed by atoms with Crippen LogP contribution in [-0.4, -0.2) is 34.9 Å². The highest BCUT2D eigenvalue weighted by molar-refractivity contribution is 5.89. The number of halogens is 1. The lowest BCUT2D eigenvalue weighted by molar-refractivity contribution is -0.121. The van der Waals surface area contributed by atoms with Gasteiger partial charge in [0.1, 0.15) is 5.82 Å². The maximum Gasteiger partial charge on any atom is 0.321 e. The zero-order valence-corrected chi connectivity index (χ0v) is 15.7. The Morgan fingerprint density at radius 3 is 2.93 bits per heavy atom. The van der Waals surface area contributed by atoms with Crippen LogP contribution in [0.4, 0.5) is 14.9 Å². The number of urea groups is 1. The van der Waals surface area contributed by atoms with Crippen molar-refractivity contribution < 1.29 is 14.0 Å². The average Bonchev–Trinajstić information content (AvgIpc) is 2.72. The molecule has 1 aromatic heterocycles. The molecule has 7 heteroatoms. The fourth-order valence-corrected chi connectivity index (χ4v) is 3.38. The Morgan fingerprint density at radius 2 is 2.14 bits per heavy atom. The molecule has 0 aliphatic carbocycles. The summed E-state index contributed by atoms with van der Waals surface area (Å²) in [5, 5.41) is 5.64. The van der Waals surface area contributed by atoms with Crippen LogP contribution in [0, 0.1) is 11.7 Å². The number of hydrogen-bond donors (Lipinski definition) is 2. The van der Waals surface area contributed by atoms with Crippen LogP contribution in [0.1, 0.15) is 31.2 Å². The molecule has 3 amide bonds. The number of pyridine rings is 1. The summed E-state index contributed by atoms with van der Waals surface area (Å²) in [6.45, 7) is 1.75. The van der Waals surface area contributed by atoms with Crippen LogP contribution in [-0.2, 0) is 11.3 Å². The first kappa shape index (κ1) is 19.8. The third-order valence-corrected chi connectivity index (χ3v) is 4.87. The highest BCUT2D eigenvalue weighted by atomic mass is 19.1. The number of carbonyl (C=O) groups is 2. The molecule has 2 aromatic rings. The fraction of sp³-hybridized carbons (Fsp3) is 0.381. The van der Waals surface area contributed by atoms with E-state index in [2.05, 4.69) is 15.6 Å². The molecule has 1 unspecified atom stereocenters. The average molecular weight is 384 g/mol. The molecule has 0 radical (unpaired) electrons. The number of carbonyl (C=O) groups excluding carboxylic acids is 2. The third kappa shape index (κ3) is 6.04. The number of aromatic nitrogens is 1. The van der Waals surface area contributed by atoms with Crippen LogP contribution < -0.4 is 10.6 Å². The van der Waals surface area contributed by atoms with Crippen molar-refractivity contribution in [3.05, 3.63) is 60.2 Å². The number of hydrogen-bond acceptors (Lipinski definition) is 3. The van der Waals surface area contributed by atoms with E-state index >= 15 is 0 Å². The maximum atomic E-state index is 13.3. The topological polar surface area (TPSA) is 74.3 Å². The van der Waals surface area contributed by atoms with Crippen molar-refractivity contribution in [1.82, 2.24) is 15.2 Å². The van der Waals surface area contributed by atoms with Gasteiger partial charge in [-0.15, -0.1) is 0 Å². The molecule has 0 saturated carbocycles. The third-order valence-electron chi connectivity index (χ3n) is 4.87. The van der Waals surface area contributed by atoms with Crippen LogP contribution in [0.15, 0.2) is 48.8 Å². The molecule has 2 heterocycles. The van der Waals surface area contributed by atoms with Gasteiger partial charge in [-0.2, -0.15) is 0 Å². The number of anilines is 1. The van der Waals surface area contributed by atoms with E-state index in [1.54, 1.807) is 29.4 Å². The Bertz CT molecular complexity index is 800. The van der Waals surface area contributed by atoms with E-state index in [1.807, 2.05) is 12.1 Å². The van der Waals surface area contributed by atoms with Gasteiger partial charge >= 0.3 is 6.03 Å². The molecule has 0 bridgehead atoms. The molecular formula is C21H25FN4O2. The summed E-state index contributed by atoms with van der Waals surface area (Å²) in [5.41, 5.74) is 1.41. The molecular weight excluding hydrogens is 359 g/mol. The van der Waals surface area contributed by atoms with Crippen molar-refractivity contribution in [3.8, 4) is 0 Å². The largest absolute Gasteiger partial charge is 0.352 e. The molecule has 0 spiro atoms. The van der Waals surface area contributed by atoms with Gasteiger partial charge in [0.15, 0.2) is 0 Å². The van der Waals surface area contributed by atoms with E-state index in [-0.39, 0.29) is 23.7 Å². The number of nitrogens with zero attached hydrogens (tertiary/aromatic N) is 2. The predicted molar refractivity (Wildman–Crippen MR) is 105 cm³/mol. The van der Waals surface area contributed by atoms with Crippen molar-refractivity contribution in [1.29, 1.82) is 0 Å². The van der Waals surface area contributed by atoms with Crippen LogP contribution in [0.3, 0.4) is 0 Å². The van der Waals surface area contributed by atoms with Gasteiger partial charge in [-0.25, -0.2) is 9.18 Å². The number of nitrogens with one attached hydrogen (secondary N) is 2. The molecule has 6 nitrogen and oxygen atoms in total. The minimum Gasteiger partial charge on any atom is -0.352 e. The highest BCUT2D eigenvalue weighted by Gasteiger charge is 2.24. The summed E-state index contributed by atoms with van der Waals surface area (Å²) in [4.78, 5) is 30.3. The molecule has 3 rings (SSSR count). The summed E-state index contributed by atoms with van der Waals surface area (Å²) in [7, 11) is 0. The van der Waals surface area contributed by atoms with Gasteiger partial charge in [-0.1, -0.05) is 12.1 Å². The second-order valence-electron chi connectivity index (χ2n) is 7.07. The second kappa shape index (κ2) is 9.82. The zero-order valence-electron chi connectivity index (χ0n) is 15.7. The quantitative estimate of drug-likeness (QED) is 0.800. The van der Waals surface area contributed by atoms with Crippen molar-refractivity contribution in [3.63, 3.8) is 0 Å². The first-order chi connectivity index (χ1) is 13.6. The number of benzene rings is 1. The number of piperidine rings is 1. The SMILES string of the molecule is O=C(CCC1CCCN(C(=O)Nc2cccc(F)c2)C1)NCc1cccnc1. The Hall–Kier alpha value is -2.96. The Balaban J connectivity index is 1.41. The van der Waals surface area contributed by atoms with E-state index in [1.165, 1.54) is 12.1 Å². The Morgan fingerprint density at radius 1 is 1.25 bits per heavy atom. The number of likely N-dealkylation sites (tertiary alicyclic amines) is 1. The van der Waals surface area contributed by atoms with Crippen molar-refractivity contribution >= 4 is 17.6 Å². The lowest BCUT2D eigenvalue weighted by Crippen LogP contribution is -2.42. The lowest BCUT2D eigenvalue weighted by atomic mass is 9.93. The van der Waals surface area contributed by atoms with Gasteiger partial charge in [-0.3, -0.25) is 9.78 Å². The van der Waals surface area contributed by atoms with Crippen LogP contribution in [0.2, 0.25) is 0 Å². The van der Waals surface area contributed by atoms with Gasteiger partial charge < -0.3 is 15.5 Å². The van der Waals surface area contributed by atoms with Crippen LogP contribution in [0.25, 0.3) is 0 Å². The minimum atomic E-state index is -0.383. The standard InChI is InChI=1S/C21H25FN4O2/c22-18-6-1-7-19(12-18)25-21(28)26-11-3-5-16(15-26)8-9-20(27)24-14-17-4-2-10-23-13-17/h1-2,4,6-7,10,12-13,16H,3,5,8-9,11,14-15H2,(H,24,27)(H,25,28). The van der Waals surface area contributed by atoms with Gasteiger partial charge in [0.25, 0.3) is 0 Å². The van der Waals surface area contributed by atoms with Gasteiger partial charge in [0.05, 0.1) is 0 Å². The maximum absolute atomic E-state index is 13.3. The van der Waals surface area contributed by atoms with E-state index in [4.69, 9.17) is 0 Å². The Labute approximate surface area is 164 Å². The highest BCUT2D eigenvalue weighted by Crippen LogP contribution is 2.22. The van der Waals surface area contributed by atoms with Crippen molar-refractivity contribution in [2.24, 2.45) is 5.92 Å². The second-order valence-corrected chi connectivity index (χ2v) is 7.07. The molecule has 1 fully saturated rings. The molecule has 1 atom stereocenters. The van der Waals surface area contributed by atoms with E-state index in [0.717, 1.165) is 24.8 Å². The molecule has 148 valence electrons. The van der Waals surface area contributed by atoms with Crippen molar-refractivity contribution in [2.45, 2.75) is 32.2 Å². The minimum absolute atomic E-state index is 0.00480. The van der Waals surface area contributed by atoms with Crippen LogP contribution in [0.5, 0.6) is 0 Å². The normalized spacial score (nSPS) is 16.5. The van der Waals surface area contributed by atoms with Crippen molar-refractivity contribution in [2.75, 3.05) is 18.4 Å². The van der Waals surface area contributed by atoms with E-state index in [0.29, 0.717) is 31.7 Å². The lowest BCUT2D eigenvalue weighted by Gasteiger charge is -2.32. The summed E-state index contributed by atoms with van der Waals surface area (Å²) < 4.78 is 13.3. The van der Waals surface area contributed by atoms with Gasteiger partial charge in [0.2, 0.25) is 5.91 Å². The number of amides is 3. The smallest absolute Gasteiger partial charge is 0.321 e. The molecule has 1 aliphatic heterocycles. The molecule has 28 heavy (non-hydrogen) atoms. The monoisotopic (exact) mass is 384 g/mol. The molecule has 1 aliphatic rings. The molecule has 1 aromatic carbocycles. The van der Waals surface area contributed by atoms with E-state index in [9.17, 15) is 14.0 Å². The van der Waals surface area contributed by atoms with Gasteiger partial charge in [0, 0.05) is 44.1 Å². The van der Waals surface area contributed by atoms with E-state index < -0.39 is 0 Å². The van der Waals surface area contributed by atoms with Crippen LogP contribution >= 0.6 is 0 Å². The first-order valence-electron chi connectivity index (χ1n) is 9.57. The first-order valence-corrected chi connectivity index (χ1v) is 9.57. The Kier molecular flexibility index (Phi) is 6.94.